The summed E-state index contributed by atoms with van der Waals surface area (Å²) in [6, 6.07) is 14.2. The number of halogens is 1. The number of amides is 1. The van der Waals surface area contributed by atoms with Gasteiger partial charge in [0.2, 0.25) is 0 Å². The zero-order valence-electron chi connectivity index (χ0n) is 22.1. The van der Waals surface area contributed by atoms with E-state index >= 15 is 4.39 Å². The molecule has 43 heavy (non-hydrogen) atoms. The van der Waals surface area contributed by atoms with E-state index in [2.05, 4.69) is 20.3 Å². The number of carbonyl (C=O) groups is 3. The van der Waals surface area contributed by atoms with Gasteiger partial charge in [-0.05, 0) is 29.8 Å². The van der Waals surface area contributed by atoms with Crippen LogP contribution in [0.2, 0.25) is 0 Å². The van der Waals surface area contributed by atoms with Crippen LogP contribution in [0.1, 0.15) is 22.1 Å². The number of fused-ring (bicyclic) bond motifs is 1. The Bertz CT molecular complexity index is 1710. The van der Waals surface area contributed by atoms with Gasteiger partial charge in [-0.25, -0.2) is 23.8 Å². The Kier molecular flexibility index (Phi) is 7.90. The average molecular weight is 597 g/mol. The summed E-state index contributed by atoms with van der Waals surface area (Å²) in [7, 11) is 0. The maximum atomic E-state index is 15.2. The van der Waals surface area contributed by atoms with Crippen molar-refractivity contribution in [3.8, 4) is 0 Å². The largest absolute Gasteiger partial charge is 0.479 e. The summed E-state index contributed by atoms with van der Waals surface area (Å²) >= 11 is 0. The molecule has 0 spiro atoms. The van der Waals surface area contributed by atoms with E-state index in [1.54, 1.807) is 30.3 Å². The Labute approximate surface area is 240 Å². The van der Waals surface area contributed by atoms with E-state index in [9.17, 15) is 34.5 Å². The van der Waals surface area contributed by atoms with Crippen LogP contribution in [-0.4, -0.2) is 83.3 Å². The Hall–Kier alpha value is -5.19. The lowest BCUT2D eigenvalue weighted by molar-refractivity contribution is -0.190. The number of nitrogens with two attached hydrogens (primary N) is 1. The van der Waals surface area contributed by atoms with Crippen LogP contribution in [0.15, 0.2) is 65.7 Å². The first-order valence-electron chi connectivity index (χ1n) is 12.8. The van der Waals surface area contributed by atoms with E-state index in [0.717, 1.165) is 10.9 Å². The molecule has 0 bridgehead atoms. The number of alkyl halides is 1. The average Bonchev–Trinajstić information content (AvgIpc) is 3.52. The number of aromatic nitrogens is 4. The van der Waals surface area contributed by atoms with Crippen molar-refractivity contribution in [2.45, 2.75) is 36.6 Å². The second-order valence-corrected chi connectivity index (χ2v) is 9.72. The SMILES string of the molecule is Nc1[nH]c(=O)nc2c1ncn2[C@@H]1O[C@H](COC(Cc2ccc(NC(=O)c3ccccc3)cc2)(C(=O)O)C(=O)O)[C@@H](O)[C@@H]1F. The molecule has 1 aliphatic heterocycles. The number of carboxylic acid groups (broad SMARTS) is 2. The number of aromatic amines is 1. The third kappa shape index (κ3) is 5.66. The van der Waals surface area contributed by atoms with Gasteiger partial charge < -0.3 is 35.8 Å². The zero-order valence-corrected chi connectivity index (χ0v) is 22.1. The first-order chi connectivity index (χ1) is 20.5. The number of benzene rings is 2. The number of imidazole rings is 1. The molecule has 2 aromatic carbocycles. The van der Waals surface area contributed by atoms with Crippen molar-refractivity contribution in [1.29, 1.82) is 0 Å². The number of aliphatic hydroxyl groups is 1. The smallest absolute Gasteiger partial charge is 0.348 e. The Balaban J connectivity index is 1.31. The molecule has 0 unspecified atom stereocenters. The highest BCUT2D eigenvalue weighted by Gasteiger charge is 2.52. The molecule has 1 amide bonds. The highest BCUT2D eigenvalue weighted by molar-refractivity contribution is 6.04. The van der Waals surface area contributed by atoms with Crippen molar-refractivity contribution in [2.24, 2.45) is 0 Å². The van der Waals surface area contributed by atoms with E-state index in [1.165, 1.54) is 24.3 Å². The maximum absolute atomic E-state index is 15.2. The molecule has 1 aliphatic rings. The molecule has 2 aromatic heterocycles. The molecule has 5 rings (SSSR count). The number of hydrogen-bond donors (Lipinski definition) is 6. The molecule has 3 heterocycles. The number of H-pyrrole nitrogens is 1. The van der Waals surface area contributed by atoms with Crippen LogP contribution in [0, 0.1) is 0 Å². The summed E-state index contributed by atoms with van der Waals surface area (Å²) in [5.41, 5.74) is 2.99. The molecule has 224 valence electrons. The van der Waals surface area contributed by atoms with Crippen LogP contribution in [0.3, 0.4) is 0 Å². The van der Waals surface area contributed by atoms with Crippen LogP contribution in [0.4, 0.5) is 15.9 Å². The lowest BCUT2D eigenvalue weighted by atomic mass is 9.94. The lowest BCUT2D eigenvalue weighted by Crippen LogP contribution is -2.52. The van der Waals surface area contributed by atoms with Gasteiger partial charge in [-0.15, -0.1) is 0 Å². The van der Waals surface area contributed by atoms with Gasteiger partial charge in [0.1, 0.15) is 23.5 Å². The number of anilines is 2. The molecular formula is C27H25FN6O9. The predicted octanol–water partition coefficient (Wildman–Crippen LogP) is 0.718. The Morgan fingerprint density at radius 1 is 1.12 bits per heavy atom. The first-order valence-corrected chi connectivity index (χ1v) is 12.8. The van der Waals surface area contributed by atoms with Crippen molar-refractivity contribution in [3.05, 3.63) is 82.5 Å². The second-order valence-electron chi connectivity index (χ2n) is 9.72. The Morgan fingerprint density at radius 2 is 1.79 bits per heavy atom. The summed E-state index contributed by atoms with van der Waals surface area (Å²) in [5.74, 6) is -4.19. The van der Waals surface area contributed by atoms with E-state index in [-0.39, 0.29) is 28.5 Å². The van der Waals surface area contributed by atoms with Gasteiger partial charge in [-0.3, -0.25) is 14.3 Å². The van der Waals surface area contributed by atoms with Crippen molar-refractivity contribution in [3.63, 3.8) is 0 Å². The molecule has 0 aliphatic carbocycles. The highest BCUT2D eigenvalue weighted by atomic mass is 19.1. The second kappa shape index (κ2) is 11.6. The third-order valence-electron chi connectivity index (χ3n) is 6.93. The lowest BCUT2D eigenvalue weighted by Gasteiger charge is -2.27. The molecule has 4 aromatic rings. The minimum absolute atomic E-state index is 0.0472. The topological polar surface area (TPSA) is 232 Å². The summed E-state index contributed by atoms with van der Waals surface area (Å²) in [5, 5.41) is 33.0. The number of aliphatic carboxylic acids is 2. The van der Waals surface area contributed by atoms with Gasteiger partial charge >= 0.3 is 17.6 Å². The summed E-state index contributed by atoms with van der Waals surface area (Å²) in [4.78, 5) is 58.6. The monoisotopic (exact) mass is 596 g/mol. The normalized spacial score (nSPS) is 20.2. The van der Waals surface area contributed by atoms with Gasteiger partial charge in [0.25, 0.3) is 11.5 Å². The van der Waals surface area contributed by atoms with Crippen molar-refractivity contribution in [1.82, 2.24) is 19.5 Å². The van der Waals surface area contributed by atoms with Gasteiger partial charge in [-0.2, -0.15) is 4.98 Å². The number of carboxylic acids is 2. The number of ether oxygens (including phenoxy) is 2. The fourth-order valence-corrected chi connectivity index (χ4v) is 4.63. The molecule has 4 atom stereocenters. The van der Waals surface area contributed by atoms with Crippen molar-refractivity contribution in [2.75, 3.05) is 17.7 Å². The minimum atomic E-state index is -2.84. The van der Waals surface area contributed by atoms with Crippen LogP contribution in [-0.2, 0) is 25.5 Å². The number of nitrogens with zero attached hydrogens (tertiary/aromatic N) is 3. The van der Waals surface area contributed by atoms with E-state index in [0.29, 0.717) is 11.3 Å². The van der Waals surface area contributed by atoms with Crippen molar-refractivity contribution < 1.29 is 43.6 Å². The number of carbonyl (C=O) groups excluding carboxylic acids is 1. The molecule has 1 fully saturated rings. The highest BCUT2D eigenvalue weighted by Crippen LogP contribution is 2.35. The van der Waals surface area contributed by atoms with Crippen LogP contribution >= 0.6 is 0 Å². The quantitative estimate of drug-likeness (QED) is 0.139. The van der Waals surface area contributed by atoms with E-state index in [4.69, 9.17) is 15.2 Å². The molecule has 15 nitrogen and oxygen atoms in total. The molecule has 16 heteroatoms. The summed E-state index contributed by atoms with van der Waals surface area (Å²) < 4.78 is 27.1. The zero-order chi connectivity index (χ0) is 30.9. The van der Waals surface area contributed by atoms with Crippen LogP contribution in [0.5, 0.6) is 0 Å². The van der Waals surface area contributed by atoms with Gasteiger partial charge in [0.15, 0.2) is 18.0 Å². The Morgan fingerprint density at radius 3 is 2.44 bits per heavy atom. The third-order valence-corrected chi connectivity index (χ3v) is 6.93. The van der Waals surface area contributed by atoms with Crippen molar-refractivity contribution >= 4 is 40.5 Å². The fraction of sp³-hybridized carbons (Fsp3) is 0.259. The van der Waals surface area contributed by atoms with Crippen LogP contribution in [0.25, 0.3) is 11.2 Å². The minimum Gasteiger partial charge on any atom is -0.479 e. The van der Waals surface area contributed by atoms with E-state index in [1.807, 2.05) is 0 Å². The fourth-order valence-electron chi connectivity index (χ4n) is 4.63. The number of nitrogen functional groups attached to an aromatic ring is 1. The maximum Gasteiger partial charge on any atom is 0.348 e. The van der Waals surface area contributed by atoms with Gasteiger partial charge in [0.05, 0.1) is 12.9 Å². The van der Waals surface area contributed by atoms with E-state index < -0.39 is 60.9 Å². The molecule has 1 saturated heterocycles. The summed E-state index contributed by atoms with van der Waals surface area (Å²) in [6.07, 6.45) is -6.62. The first kappa shape index (κ1) is 29.3. The number of aliphatic hydroxyl groups excluding tert-OH is 1. The van der Waals surface area contributed by atoms with Crippen LogP contribution < -0.4 is 16.7 Å². The molecule has 7 N–H and O–H groups in total. The molecule has 0 radical (unpaired) electrons. The number of rotatable bonds is 10. The molecule has 0 saturated carbocycles. The summed E-state index contributed by atoms with van der Waals surface area (Å²) in [6.45, 7) is -0.829. The van der Waals surface area contributed by atoms with Gasteiger partial charge in [-0.1, -0.05) is 30.3 Å². The predicted molar refractivity (Wildman–Crippen MR) is 146 cm³/mol. The number of hydrogen-bond acceptors (Lipinski definition) is 10. The van der Waals surface area contributed by atoms with Gasteiger partial charge in [0, 0.05) is 17.7 Å². The standard InChI is InChI=1S/C27H25FN6O9/c28-17-19(35)16(43-23(17)34-12-30-18-20(29)32-26(41)33-21(18)34)11-42-27(24(37)38,25(39)40)10-13-6-8-15(9-7-13)31-22(36)14-4-2-1-3-5-14/h1-9,12,16-17,19,23,35H,10-11H2,(H,31,36)(H,37,38)(H,39,40)(H3,29,32,33,41)/t16-,17+,19-,23-/m1/s1. The molecular weight excluding hydrogens is 571 g/mol. The number of nitrogens with one attached hydrogen (secondary N) is 2.